The first-order valence-electron chi connectivity index (χ1n) is 7.15. The van der Waals surface area contributed by atoms with Crippen LogP contribution in [0.5, 0.6) is 0 Å². The van der Waals surface area contributed by atoms with E-state index in [1.807, 2.05) is 24.0 Å². The molecule has 0 aromatic heterocycles. The summed E-state index contributed by atoms with van der Waals surface area (Å²) in [6, 6.07) is 5.59. The highest BCUT2D eigenvalue weighted by Gasteiger charge is 2.30. The summed E-state index contributed by atoms with van der Waals surface area (Å²) in [6.07, 6.45) is 0. The number of nitrogens with zero attached hydrogens (tertiary/aromatic N) is 1. The van der Waals surface area contributed by atoms with Gasteiger partial charge in [-0.1, -0.05) is 32.0 Å². The molecule has 1 fully saturated rings. The lowest BCUT2D eigenvalue weighted by Crippen LogP contribution is -2.42. The van der Waals surface area contributed by atoms with Crippen LogP contribution in [0.3, 0.4) is 0 Å². The molecule has 1 aliphatic rings. The second-order valence-electron chi connectivity index (χ2n) is 5.66. The molecule has 1 atom stereocenters. The standard InChI is InChI=1S/C16H23NO3/c1-11(2)13-5-4-12(3)14(10-13)15(16(18)19)17-6-8-20-9-7-17/h4-5,10-11,15H,6-9H2,1-3H3,(H,18,19). The highest BCUT2D eigenvalue weighted by molar-refractivity contribution is 5.76. The van der Waals surface area contributed by atoms with E-state index in [2.05, 4.69) is 19.9 Å². The zero-order valence-electron chi connectivity index (χ0n) is 12.4. The predicted octanol–water partition coefficient (Wildman–Crippen LogP) is 2.58. The summed E-state index contributed by atoms with van der Waals surface area (Å²) in [5, 5.41) is 9.65. The van der Waals surface area contributed by atoms with Crippen molar-refractivity contribution in [2.24, 2.45) is 0 Å². The fourth-order valence-electron chi connectivity index (χ4n) is 2.63. The molecule has 1 unspecified atom stereocenters. The Morgan fingerprint density at radius 1 is 1.30 bits per heavy atom. The van der Waals surface area contributed by atoms with Crippen LogP contribution in [0, 0.1) is 6.92 Å². The number of rotatable bonds is 4. The molecular formula is C16H23NO3. The Morgan fingerprint density at radius 3 is 2.50 bits per heavy atom. The van der Waals surface area contributed by atoms with Gasteiger partial charge in [0, 0.05) is 13.1 Å². The van der Waals surface area contributed by atoms with Gasteiger partial charge in [0.05, 0.1) is 13.2 Å². The Hall–Kier alpha value is -1.39. The van der Waals surface area contributed by atoms with Gasteiger partial charge in [-0.2, -0.15) is 0 Å². The van der Waals surface area contributed by atoms with E-state index in [1.54, 1.807) is 0 Å². The molecule has 0 amide bonds. The van der Waals surface area contributed by atoms with Crippen molar-refractivity contribution in [3.8, 4) is 0 Å². The van der Waals surface area contributed by atoms with Crippen molar-refractivity contribution in [1.82, 2.24) is 4.90 Å². The van der Waals surface area contributed by atoms with Crippen LogP contribution < -0.4 is 0 Å². The first kappa shape index (κ1) is 15.0. The molecular weight excluding hydrogens is 254 g/mol. The molecule has 1 aromatic rings. The average Bonchev–Trinajstić information content (AvgIpc) is 2.41. The maximum absolute atomic E-state index is 11.8. The first-order valence-corrected chi connectivity index (χ1v) is 7.15. The van der Waals surface area contributed by atoms with E-state index in [1.165, 1.54) is 5.56 Å². The van der Waals surface area contributed by atoms with Gasteiger partial charge in [0.15, 0.2) is 0 Å². The van der Waals surface area contributed by atoms with E-state index in [0.717, 1.165) is 11.1 Å². The van der Waals surface area contributed by atoms with Crippen LogP contribution in [-0.4, -0.2) is 42.3 Å². The van der Waals surface area contributed by atoms with E-state index in [9.17, 15) is 9.90 Å². The SMILES string of the molecule is Cc1ccc(C(C)C)cc1C(C(=O)O)N1CCOCC1. The molecule has 20 heavy (non-hydrogen) atoms. The van der Waals surface area contributed by atoms with Gasteiger partial charge in [-0.15, -0.1) is 0 Å². The molecule has 0 radical (unpaired) electrons. The number of aryl methyl sites for hydroxylation is 1. The fraction of sp³-hybridized carbons (Fsp3) is 0.562. The predicted molar refractivity (Wildman–Crippen MR) is 78.0 cm³/mol. The number of ether oxygens (including phenoxy) is 1. The maximum Gasteiger partial charge on any atom is 0.325 e. The van der Waals surface area contributed by atoms with Gasteiger partial charge in [-0.05, 0) is 29.5 Å². The topological polar surface area (TPSA) is 49.8 Å². The fourth-order valence-corrected chi connectivity index (χ4v) is 2.63. The first-order chi connectivity index (χ1) is 9.50. The molecule has 110 valence electrons. The maximum atomic E-state index is 11.8. The molecule has 1 N–H and O–H groups in total. The largest absolute Gasteiger partial charge is 0.480 e. The third-order valence-corrected chi connectivity index (χ3v) is 3.91. The quantitative estimate of drug-likeness (QED) is 0.919. The van der Waals surface area contributed by atoms with Gasteiger partial charge in [0.2, 0.25) is 0 Å². The Bertz CT molecular complexity index is 479. The van der Waals surface area contributed by atoms with Crippen LogP contribution in [0.15, 0.2) is 18.2 Å². The third-order valence-electron chi connectivity index (χ3n) is 3.91. The van der Waals surface area contributed by atoms with Gasteiger partial charge in [-0.25, -0.2) is 0 Å². The van der Waals surface area contributed by atoms with Crippen molar-refractivity contribution in [3.05, 3.63) is 34.9 Å². The molecule has 0 saturated carbocycles. The summed E-state index contributed by atoms with van der Waals surface area (Å²) in [5.41, 5.74) is 3.13. The van der Waals surface area contributed by atoms with Crippen LogP contribution in [0.2, 0.25) is 0 Å². The highest BCUT2D eigenvalue weighted by Crippen LogP contribution is 2.28. The monoisotopic (exact) mass is 277 g/mol. The number of benzene rings is 1. The molecule has 1 heterocycles. The molecule has 4 nitrogen and oxygen atoms in total. The van der Waals surface area contributed by atoms with Crippen LogP contribution in [0.4, 0.5) is 0 Å². The van der Waals surface area contributed by atoms with Crippen LogP contribution >= 0.6 is 0 Å². The zero-order chi connectivity index (χ0) is 14.7. The van der Waals surface area contributed by atoms with Crippen LogP contribution in [0.1, 0.15) is 42.5 Å². The summed E-state index contributed by atoms with van der Waals surface area (Å²) >= 11 is 0. The lowest BCUT2D eigenvalue weighted by atomic mass is 9.93. The number of hydrogen-bond donors (Lipinski definition) is 1. The van der Waals surface area contributed by atoms with Gasteiger partial charge in [0.1, 0.15) is 6.04 Å². The molecule has 2 rings (SSSR count). The van der Waals surface area contributed by atoms with Crippen molar-refractivity contribution in [2.75, 3.05) is 26.3 Å². The molecule has 1 aromatic carbocycles. The van der Waals surface area contributed by atoms with E-state index in [-0.39, 0.29) is 0 Å². The number of carboxylic acids is 1. The third kappa shape index (κ3) is 3.19. The summed E-state index contributed by atoms with van der Waals surface area (Å²) in [7, 11) is 0. The van der Waals surface area contributed by atoms with Crippen molar-refractivity contribution in [1.29, 1.82) is 0 Å². The number of hydrogen-bond acceptors (Lipinski definition) is 3. The van der Waals surface area contributed by atoms with Gasteiger partial charge in [-0.3, -0.25) is 9.69 Å². The minimum absolute atomic E-state index is 0.397. The second kappa shape index (κ2) is 6.37. The average molecular weight is 277 g/mol. The molecule has 0 aliphatic carbocycles. The molecule has 0 bridgehead atoms. The number of carbonyl (C=O) groups is 1. The van der Waals surface area contributed by atoms with Crippen molar-refractivity contribution in [3.63, 3.8) is 0 Å². The Morgan fingerprint density at radius 2 is 1.95 bits per heavy atom. The summed E-state index contributed by atoms with van der Waals surface area (Å²) in [6.45, 7) is 8.78. The van der Waals surface area contributed by atoms with Crippen molar-refractivity contribution >= 4 is 5.97 Å². The number of aliphatic carboxylic acids is 1. The van der Waals surface area contributed by atoms with Gasteiger partial charge in [0.25, 0.3) is 0 Å². The molecule has 1 aliphatic heterocycles. The number of morpholine rings is 1. The number of carboxylic acid groups (broad SMARTS) is 1. The van der Waals surface area contributed by atoms with Crippen LogP contribution in [-0.2, 0) is 9.53 Å². The lowest BCUT2D eigenvalue weighted by Gasteiger charge is -2.33. The lowest BCUT2D eigenvalue weighted by molar-refractivity contribution is -0.145. The van der Waals surface area contributed by atoms with E-state index in [4.69, 9.17) is 4.74 Å². The Labute approximate surface area is 120 Å². The molecule has 1 saturated heterocycles. The molecule has 0 spiro atoms. The highest BCUT2D eigenvalue weighted by atomic mass is 16.5. The minimum Gasteiger partial charge on any atom is -0.480 e. The zero-order valence-corrected chi connectivity index (χ0v) is 12.4. The summed E-state index contributed by atoms with van der Waals surface area (Å²) in [4.78, 5) is 13.7. The van der Waals surface area contributed by atoms with E-state index in [0.29, 0.717) is 32.2 Å². The van der Waals surface area contributed by atoms with Gasteiger partial charge < -0.3 is 9.84 Å². The Balaban J connectivity index is 2.37. The van der Waals surface area contributed by atoms with Gasteiger partial charge >= 0.3 is 5.97 Å². The van der Waals surface area contributed by atoms with Crippen LogP contribution in [0.25, 0.3) is 0 Å². The van der Waals surface area contributed by atoms with E-state index >= 15 is 0 Å². The minimum atomic E-state index is -0.782. The second-order valence-corrected chi connectivity index (χ2v) is 5.66. The van der Waals surface area contributed by atoms with Crippen molar-refractivity contribution in [2.45, 2.75) is 32.7 Å². The Kier molecular flexibility index (Phi) is 4.78. The van der Waals surface area contributed by atoms with Crippen molar-refractivity contribution < 1.29 is 14.6 Å². The molecule has 4 heteroatoms. The normalized spacial score (nSPS) is 18.2. The van der Waals surface area contributed by atoms with E-state index < -0.39 is 12.0 Å². The summed E-state index contributed by atoms with van der Waals surface area (Å²) in [5.74, 6) is -0.385. The summed E-state index contributed by atoms with van der Waals surface area (Å²) < 4.78 is 5.32. The smallest absolute Gasteiger partial charge is 0.325 e.